The van der Waals surface area contributed by atoms with Crippen molar-refractivity contribution in [2.24, 2.45) is 7.05 Å². The van der Waals surface area contributed by atoms with Crippen LogP contribution in [0.2, 0.25) is 0 Å². The van der Waals surface area contributed by atoms with Gasteiger partial charge in [0.25, 0.3) is 5.91 Å². The second-order valence-electron chi connectivity index (χ2n) is 12.2. The molecular formula is C33H61N3O4. The van der Waals surface area contributed by atoms with Crippen LogP contribution in [-0.4, -0.2) is 56.9 Å². The molecule has 0 spiro atoms. The maximum Gasteiger partial charge on any atom is 0.254 e. The van der Waals surface area contributed by atoms with Crippen molar-refractivity contribution in [3.63, 3.8) is 0 Å². The molecule has 2 heterocycles. The van der Waals surface area contributed by atoms with E-state index in [2.05, 4.69) is 17.3 Å². The minimum atomic E-state index is -0.406. The highest BCUT2D eigenvalue weighted by molar-refractivity contribution is 5.93. The highest BCUT2D eigenvalue weighted by atomic mass is 16.5. The predicted octanol–water partition coefficient (Wildman–Crippen LogP) is 7.24. The average Bonchev–Trinajstić information content (AvgIpc) is 3.62. The van der Waals surface area contributed by atoms with Gasteiger partial charge >= 0.3 is 0 Å². The van der Waals surface area contributed by atoms with Crippen molar-refractivity contribution in [2.75, 3.05) is 6.54 Å². The standard InChI is InChI=1S/C33H61N3O4/c1-3-4-5-6-7-8-9-12-15-18-21-29(37)31-23-24-32(40-31)30(38)22-19-16-13-10-11-14-17-20-25-34-33(39)28-26-35-36(2)27-28/h26-27,29-32,37-38H,3-25H2,1-2H3,(H,34,39)/t29-,30-,31-,32-/m1/s1. The largest absolute Gasteiger partial charge is 0.390 e. The summed E-state index contributed by atoms with van der Waals surface area (Å²) in [5.74, 6) is -0.0469. The highest BCUT2D eigenvalue weighted by Gasteiger charge is 2.33. The lowest BCUT2D eigenvalue weighted by Gasteiger charge is -2.22. The van der Waals surface area contributed by atoms with Gasteiger partial charge in [-0.1, -0.05) is 116 Å². The molecule has 40 heavy (non-hydrogen) atoms. The van der Waals surface area contributed by atoms with Gasteiger partial charge in [0.2, 0.25) is 0 Å². The van der Waals surface area contributed by atoms with Crippen LogP contribution in [0.25, 0.3) is 0 Å². The van der Waals surface area contributed by atoms with Crippen molar-refractivity contribution in [1.82, 2.24) is 15.1 Å². The molecule has 1 aromatic heterocycles. The molecule has 1 aromatic rings. The number of nitrogens with zero attached hydrogens (tertiary/aromatic N) is 2. The van der Waals surface area contributed by atoms with E-state index < -0.39 is 6.10 Å². The van der Waals surface area contributed by atoms with Crippen molar-refractivity contribution in [3.05, 3.63) is 18.0 Å². The van der Waals surface area contributed by atoms with Gasteiger partial charge in [-0.15, -0.1) is 0 Å². The quantitative estimate of drug-likeness (QED) is 0.109. The second-order valence-corrected chi connectivity index (χ2v) is 12.2. The van der Waals surface area contributed by atoms with E-state index in [1.807, 2.05) is 7.05 Å². The topological polar surface area (TPSA) is 96.6 Å². The zero-order chi connectivity index (χ0) is 28.8. The van der Waals surface area contributed by atoms with Gasteiger partial charge in [-0.05, 0) is 32.1 Å². The molecule has 0 saturated carbocycles. The van der Waals surface area contributed by atoms with Gasteiger partial charge < -0.3 is 20.3 Å². The fourth-order valence-corrected chi connectivity index (χ4v) is 5.85. The van der Waals surface area contributed by atoms with Crippen molar-refractivity contribution in [1.29, 1.82) is 0 Å². The van der Waals surface area contributed by atoms with Gasteiger partial charge in [-0.3, -0.25) is 9.48 Å². The summed E-state index contributed by atoms with van der Waals surface area (Å²) in [7, 11) is 1.81. The average molecular weight is 564 g/mol. The molecule has 4 atom stereocenters. The van der Waals surface area contributed by atoms with Crippen molar-refractivity contribution < 1.29 is 19.7 Å². The van der Waals surface area contributed by atoms with Crippen LogP contribution in [0.5, 0.6) is 0 Å². The normalized spacial score (nSPS) is 18.7. The van der Waals surface area contributed by atoms with E-state index in [0.29, 0.717) is 12.1 Å². The van der Waals surface area contributed by atoms with Crippen LogP contribution >= 0.6 is 0 Å². The fraction of sp³-hybridized carbons (Fsp3) is 0.879. The summed E-state index contributed by atoms with van der Waals surface area (Å²) >= 11 is 0. The molecule has 0 unspecified atom stereocenters. The molecule has 232 valence electrons. The van der Waals surface area contributed by atoms with E-state index in [1.165, 1.54) is 83.5 Å². The van der Waals surface area contributed by atoms with E-state index >= 15 is 0 Å². The zero-order valence-electron chi connectivity index (χ0n) is 25.8. The molecule has 1 fully saturated rings. The molecule has 2 rings (SSSR count). The Kier molecular flexibility index (Phi) is 19.3. The van der Waals surface area contributed by atoms with E-state index in [1.54, 1.807) is 17.1 Å². The number of nitrogens with one attached hydrogen (secondary N) is 1. The Morgan fingerprint density at radius 1 is 0.825 bits per heavy atom. The van der Waals surface area contributed by atoms with Gasteiger partial charge in [-0.2, -0.15) is 5.10 Å². The van der Waals surface area contributed by atoms with E-state index in [4.69, 9.17) is 4.74 Å². The molecule has 0 radical (unpaired) electrons. The Morgan fingerprint density at radius 2 is 1.27 bits per heavy atom. The first kappa shape index (κ1) is 34.8. The van der Waals surface area contributed by atoms with Gasteiger partial charge in [-0.25, -0.2) is 0 Å². The Hall–Kier alpha value is -1.44. The smallest absolute Gasteiger partial charge is 0.254 e. The highest BCUT2D eigenvalue weighted by Crippen LogP contribution is 2.28. The Morgan fingerprint density at radius 3 is 1.73 bits per heavy atom. The number of aliphatic hydroxyl groups is 2. The summed E-state index contributed by atoms with van der Waals surface area (Å²) < 4.78 is 7.72. The minimum Gasteiger partial charge on any atom is -0.390 e. The monoisotopic (exact) mass is 563 g/mol. The number of aryl methyl sites for hydroxylation is 1. The summed E-state index contributed by atoms with van der Waals surface area (Å²) in [6.07, 6.45) is 27.9. The number of carbonyl (C=O) groups is 1. The van der Waals surface area contributed by atoms with Crippen LogP contribution in [0.3, 0.4) is 0 Å². The molecule has 7 heteroatoms. The minimum absolute atomic E-state index is 0.0469. The first-order valence-electron chi connectivity index (χ1n) is 16.8. The number of amides is 1. The molecule has 1 aliphatic rings. The number of unbranched alkanes of at least 4 members (excludes halogenated alkanes) is 16. The molecule has 1 saturated heterocycles. The van der Waals surface area contributed by atoms with Crippen LogP contribution in [0.15, 0.2) is 12.4 Å². The van der Waals surface area contributed by atoms with Crippen LogP contribution in [0, 0.1) is 0 Å². The molecule has 1 amide bonds. The predicted molar refractivity (Wildman–Crippen MR) is 163 cm³/mol. The molecular weight excluding hydrogens is 502 g/mol. The molecule has 1 aliphatic heterocycles. The third-order valence-corrected chi connectivity index (χ3v) is 8.48. The Labute approximate surface area is 244 Å². The summed E-state index contributed by atoms with van der Waals surface area (Å²) in [6.45, 7) is 2.98. The summed E-state index contributed by atoms with van der Waals surface area (Å²) in [5, 5.41) is 28.2. The number of hydrogen-bond acceptors (Lipinski definition) is 5. The lowest BCUT2D eigenvalue weighted by molar-refractivity contribution is -0.0786. The van der Waals surface area contributed by atoms with Gasteiger partial charge in [0.1, 0.15) is 0 Å². The van der Waals surface area contributed by atoms with E-state index in [9.17, 15) is 15.0 Å². The van der Waals surface area contributed by atoms with Crippen molar-refractivity contribution in [3.8, 4) is 0 Å². The van der Waals surface area contributed by atoms with Crippen LogP contribution in [0.1, 0.15) is 159 Å². The van der Waals surface area contributed by atoms with Crippen molar-refractivity contribution >= 4 is 5.91 Å². The van der Waals surface area contributed by atoms with Crippen LogP contribution in [-0.2, 0) is 11.8 Å². The number of aliphatic hydroxyl groups excluding tert-OH is 2. The third-order valence-electron chi connectivity index (χ3n) is 8.48. The number of rotatable bonds is 25. The maximum absolute atomic E-state index is 12.0. The molecule has 0 aliphatic carbocycles. The van der Waals surface area contributed by atoms with Gasteiger partial charge in [0.05, 0.1) is 36.2 Å². The van der Waals surface area contributed by atoms with Crippen molar-refractivity contribution in [2.45, 2.75) is 173 Å². The summed E-state index contributed by atoms with van der Waals surface area (Å²) in [6, 6.07) is 0. The number of ether oxygens (including phenoxy) is 1. The van der Waals surface area contributed by atoms with Gasteiger partial charge in [0, 0.05) is 19.8 Å². The van der Waals surface area contributed by atoms with E-state index in [0.717, 1.165) is 57.8 Å². The zero-order valence-corrected chi connectivity index (χ0v) is 25.8. The third kappa shape index (κ3) is 15.5. The number of hydrogen-bond donors (Lipinski definition) is 3. The molecule has 0 bridgehead atoms. The lowest BCUT2D eigenvalue weighted by atomic mass is 10.00. The fourth-order valence-electron chi connectivity index (χ4n) is 5.85. The first-order chi connectivity index (χ1) is 19.5. The number of carbonyl (C=O) groups excluding carboxylic acids is 1. The van der Waals surface area contributed by atoms with Crippen LogP contribution in [0.4, 0.5) is 0 Å². The summed E-state index contributed by atoms with van der Waals surface area (Å²) in [4.78, 5) is 12.0. The molecule has 7 nitrogen and oxygen atoms in total. The molecule has 3 N–H and O–H groups in total. The first-order valence-corrected chi connectivity index (χ1v) is 16.8. The maximum atomic E-state index is 12.0. The second kappa shape index (κ2) is 22.2. The van der Waals surface area contributed by atoms with Crippen LogP contribution < -0.4 is 5.32 Å². The van der Waals surface area contributed by atoms with Gasteiger partial charge in [0.15, 0.2) is 0 Å². The molecule has 0 aromatic carbocycles. The number of aromatic nitrogens is 2. The SMILES string of the molecule is CCCCCCCCCCCC[C@@H](O)[C@H]1CC[C@H]([C@H](O)CCCCCCCCCCNC(=O)c2cnn(C)c2)O1. The Bertz CT molecular complexity index is 756. The van der Waals surface area contributed by atoms with E-state index in [-0.39, 0.29) is 24.2 Å². The summed E-state index contributed by atoms with van der Waals surface area (Å²) in [5.41, 5.74) is 0.615. The lowest BCUT2D eigenvalue weighted by Crippen LogP contribution is -2.31. The Balaban J connectivity index is 1.36.